The van der Waals surface area contributed by atoms with Gasteiger partial charge in [0, 0.05) is 35.4 Å². The fourth-order valence-corrected chi connectivity index (χ4v) is 2.71. The summed E-state index contributed by atoms with van der Waals surface area (Å²) >= 11 is 0. The number of fused-ring (bicyclic) bond motifs is 1. The van der Waals surface area contributed by atoms with Crippen molar-refractivity contribution in [2.45, 2.75) is 25.9 Å². The molecule has 0 saturated heterocycles. The van der Waals surface area contributed by atoms with E-state index in [9.17, 15) is 4.21 Å². The molecular formula is C14H21NO4S. The number of ether oxygens (including phenoxy) is 3. The average Bonchev–Trinajstić information content (AvgIpc) is 2.90. The molecule has 2 rings (SSSR count). The van der Waals surface area contributed by atoms with Gasteiger partial charge in [-0.25, -0.2) is 0 Å². The van der Waals surface area contributed by atoms with Crippen LogP contribution in [-0.4, -0.2) is 36.2 Å². The molecule has 1 aliphatic heterocycles. The third-order valence-corrected chi connectivity index (χ3v) is 4.02. The molecule has 0 amide bonds. The van der Waals surface area contributed by atoms with Crippen molar-refractivity contribution < 1.29 is 18.4 Å². The lowest BCUT2D eigenvalue weighted by Crippen LogP contribution is -2.26. The number of rotatable bonds is 7. The molecule has 1 aromatic carbocycles. The van der Waals surface area contributed by atoms with Gasteiger partial charge >= 0.3 is 0 Å². The van der Waals surface area contributed by atoms with E-state index in [1.807, 2.05) is 12.1 Å². The van der Waals surface area contributed by atoms with Crippen molar-refractivity contribution in [3.8, 4) is 17.2 Å². The summed E-state index contributed by atoms with van der Waals surface area (Å²) in [6, 6.07) is 4.23. The SMILES string of the molecule is COc1cc(CNC(C)CCS(C)=O)cc2c1OCO2. The molecule has 112 valence electrons. The van der Waals surface area contributed by atoms with Gasteiger partial charge in [-0.2, -0.15) is 0 Å². The fourth-order valence-electron chi connectivity index (χ4n) is 2.02. The Hall–Kier alpha value is -1.27. The second kappa shape index (κ2) is 6.95. The predicted molar refractivity (Wildman–Crippen MR) is 79.0 cm³/mol. The van der Waals surface area contributed by atoms with Crippen LogP contribution in [0.15, 0.2) is 12.1 Å². The molecule has 0 aromatic heterocycles. The van der Waals surface area contributed by atoms with Gasteiger partial charge in [0.2, 0.25) is 12.5 Å². The van der Waals surface area contributed by atoms with Crippen LogP contribution in [0.4, 0.5) is 0 Å². The first-order valence-corrected chi connectivity index (χ1v) is 8.32. The highest BCUT2D eigenvalue weighted by Crippen LogP contribution is 2.41. The molecule has 0 fully saturated rings. The van der Waals surface area contributed by atoms with Gasteiger partial charge in [-0.3, -0.25) is 4.21 Å². The van der Waals surface area contributed by atoms with E-state index >= 15 is 0 Å². The molecule has 0 radical (unpaired) electrons. The zero-order valence-corrected chi connectivity index (χ0v) is 12.9. The van der Waals surface area contributed by atoms with E-state index in [1.165, 1.54) is 0 Å². The summed E-state index contributed by atoms with van der Waals surface area (Å²) in [5, 5.41) is 3.41. The normalized spacial score (nSPS) is 15.9. The molecule has 2 atom stereocenters. The molecule has 0 bridgehead atoms. The molecule has 20 heavy (non-hydrogen) atoms. The maximum atomic E-state index is 11.1. The molecule has 2 unspecified atom stereocenters. The van der Waals surface area contributed by atoms with Gasteiger partial charge in [0.15, 0.2) is 11.5 Å². The Balaban J connectivity index is 1.95. The van der Waals surface area contributed by atoms with Crippen LogP contribution in [0.2, 0.25) is 0 Å². The summed E-state index contributed by atoms with van der Waals surface area (Å²) in [6.07, 6.45) is 2.63. The maximum Gasteiger partial charge on any atom is 0.231 e. The van der Waals surface area contributed by atoms with Crippen molar-refractivity contribution in [1.82, 2.24) is 5.32 Å². The van der Waals surface area contributed by atoms with Crippen LogP contribution in [0.5, 0.6) is 17.2 Å². The van der Waals surface area contributed by atoms with Gasteiger partial charge in [0.25, 0.3) is 0 Å². The predicted octanol–water partition coefficient (Wildman–Crippen LogP) is 1.67. The van der Waals surface area contributed by atoms with Crippen LogP contribution >= 0.6 is 0 Å². The molecular weight excluding hydrogens is 278 g/mol. The zero-order chi connectivity index (χ0) is 14.5. The summed E-state index contributed by atoms with van der Waals surface area (Å²) < 4.78 is 27.1. The summed E-state index contributed by atoms with van der Waals surface area (Å²) in [4.78, 5) is 0. The van der Waals surface area contributed by atoms with Gasteiger partial charge in [-0.15, -0.1) is 0 Å². The smallest absolute Gasteiger partial charge is 0.231 e. The van der Waals surface area contributed by atoms with Gasteiger partial charge in [0.1, 0.15) is 0 Å². The number of nitrogens with one attached hydrogen (secondary N) is 1. The molecule has 0 saturated carbocycles. The Labute approximate surface area is 122 Å². The topological polar surface area (TPSA) is 56.8 Å². The van der Waals surface area contributed by atoms with Crippen LogP contribution in [0, 0.1) is 0 Å². The van der Waals surface area contributed by atoms with Crippen molar-refractivity contribution in [1.29, 1.82) is 0 Å². The van der Waals surface area contributed by atoms with E-state index in [2.05, 4.69) is 12.2 Å². The van der Waals surface area contributed by atoms with Crippen LogP contribution < -0.4 is 19.5 Å². The van der Waals surface area contributed by atoms with E-state index in [0.29, 0.717) is 24.1 Å². The number of benzene rings is 1. The van der Waals surface area contributed by atoms with Crippen LogP contribution in [0.1, 0.15) is 18.9 Å². The first-order valence-electron chi connectivity index (χ1n) is 6.60. The second-order valence-electron chi connectivity index (χ2n) is 4.88. The monoisotopic (exact) mass is 299 g/mol. The molecule has 1 N–H and O–H groups in total. The van der Waals surface area contributed by atoms with Crippen molar-refractivity contribution in [2.75, 3.05) is 25.9 Å². The first kappa shape index (κ1) is 15.1. The Kier molecular flexibility index (Phi) is 5.25. The van der Waals surface area contributed by atoms with Crippen molar-refractivity contribution in [2.24, 2.45) is 0 Å². The van der Waals surface area contributed by atoms with E-state index in [4.69, 9.17) is 14.2 Å². The lowest BCUT2D eigenvalue weighted by molar-refractivity contribution is 0.171. The molecule has 1 aliphatic rings. The highest BCUT2D eigenvalue weighted by atomic mass is 32.2. The van der Waals surface area contributed by atoms with Gasteiger partial charge in [-0.05, 0) is 31.0 Å². The number of hydrogen-bond donors (Lipinski definition) is 1. The van der Waals surface area contributed by atoms with Crippen LogP contribution in [0.3, 0.4) is 0 Å². The second-order valence-corrected chi connectivity index (χ2v) is 6.43. The quantitative estimate of drug-likeness (QED) is 0.830. The molecule has 0 spiro atoms. The van der Waals surface area contributed by atoms with E-state index in [-0.39, 0.29) is 6.79 Å². The zero-order valence-electron chi connectivity index (χ0n) is 12.1. The standard InChI is InChI=1S/C14H21NO4S/c1-10(4-5-20(3)16)15-8-11-6-12(17-2)14-13(7-11)18-9-19-14/h6-7,10,15H,4-5,8-9H2,1-3H3. The van der Waals surface area contributed by atoms with E-state index < -0.39 is 10.8 Å². The average molecular weight is 299 g/mol. The Morgan fingerprint density at radius 3 is 2.95 bits per heavy atom. The molecule has 0 aliphatic carbocycles. The minimum Gasteiger partial charge on any atom is -0.493 e. The minimum atomic E-state index is -0.736. The maximum absolute atomic E-state index is 11.1. The van der Waals surface area contributed by atoms with Crippen molar-refractivity contribution in [3.05, 3.63) is 17.7 Å². The molecule has 5 nitrogen and oxygen atoms in total. The van der Waals surface area contributed by atoms with Crippen LogP contribution in [-0.2, 0) is 17.3 Å². The lowest BCUT2D eigenvalue weighted by atomic mass is 10.1. The Morgan fingerprint density at radius 2 is 2.25 bits per heavy atom. The largest absolute Gasteiger partial charge is 0.493 e. The molecule has 1 heterocycles. The van der Waals surface area contributed by atoms with Crippen molar-refractivity contribution >= 4 is 10.8 Å². The van der Waals surface area contributed by atoms with Crippen LogP contribution in [0.25, 0.3) is 0 Å². The third kappa shape index (κ3) is 3.86. The highest BCUT2D eigenvalue weighted by Gasteiger charge is 2.20. The van der Waals surface area contributed by atoms with Crippen molar-refractivity contribution in [3.63, 3.8) is 0 Å². The van der Waals surface area contributed by atoms with Gasteiger partial charge < -0.3 is 19.5 Å². The summed E-state index contributed by atoms with van der Waals surface area (Å²) in [6.45, 7) is 3.04. The van der Waals surface area contributed by atoms with E-state index in [1.54, 1.807) is 13.4 Å². The first-order chi connectivity index (χ1) is 9.60. The summed E-state index contributed by atoms with van der Waals surface area (Å²) in [5.41, 5.74) is 1.08. The number of methoxy groups -OCH3 is 1. The fraction of sp³-hybridized carbons (Fsp3) is 0.571. The lowest BCUT2D eigenvalue weighted by Gasteiger charge is -2.14. The van der Waals surface area contributed by atoms with Gasteiger partial charge in [0.05, 0.1) is 7.11 Å². The minimum absolute atomic E-state index is 0.237. The van der Waals surface area contributed by atoms with E-state index in [0.717, 1.165) is 23.5 Å². The third-order valence-electron chi connectivity index (χ3n) is 3.21. The molecule has 6 heteroatoms. The highest BCUT2D eigenvalue weighted by molar-refractivity contribution is 7.84. The summed E-state index contributed by atoms with van der Waals surface area (Å²) in [7, 11) is 0.883. The number of hydrogen-bond acceptors (Lipinski definition) is 5. The van der Waals surface area contributed by atoms with Gasteiger partial charge in [-0.1, -0.05) is 0 Å². The molecule has 1 aromatic rings. The Bertz CT molecular complexity index is 492. The Morgan fingerprint density at radius 1 is 1.45 bits per heavy atom. The summed E-state index contributed by atoms with van der Waals surface area (Å²) in [5.74, 6) is 2.81.